The molecule has 1 aromatic rings. The van der Waals surface area contributed by atoms with Crippen molar-refractivity contribution in [3.63, 3.8) is 0 Å². The van der Waals surface area contributed by atoms with Crippen LogP contribution in [0.15, 0.2) is 30.3 Å². The van der Waals surface area contributed by atoms with Gasteiger partial charge < -0.3 is 4.55 Å². The number of nitro groups is 1. The Hall–Kier alpha value is -0.470. The molecular weight excluding hydrogens is 257 g/mol. The Morgan fingerprint density at radius 3 is 2.06 bits per heavy atom. The summed E-state index contributed by atoms with van der Waals surface area (Å²) in [6.07, 6.45) is 0. The van der Waals surface area contributed by atoms with Crippen molar-refractivity contribution in [1.82, 2.24) is 0 Å². The predicted octanol–water partition coefficient (Wildman–Crippen LogP) is -2.06. The van der Waals surface area contributed by atoms with E-state index in [1.54, 1.807) is 6.07 Å². The van der Waals surface area contributed by atoms with Crippen molar-refractivity contribution in [2.45, 2.75) is 18.2 Å². The average Bonchev–Trinajstić information content (AvgIpc) is 2.17. The van der Waals surface area contributed by atoms with E-state index >= 15 is 0 Å². The van der Waals surface area contributed by atoms with Crippen LogP contribution < -0.4 is 29.6 Å². The van der Waals surface area contributed by atoms with Crippen molar-refractivity contribution in [3.05, 3.63) is 46.0 Å². The van der Waals surface area contributed by atoms with Crippen LogP contribution in [0.3, 0.4) is 0 Å². The number of benzene rings is 1. The molecular formula is C9H10NNaO5S. The summed E-state index contributed by atoms with van der Waals surface area (Å²) >= 11 is 0. The summed E-state index contributed by atoms with van der Waals surface area (Å²) in [7, 11) is -4.75. The van der Waals surface area contributed by atoms with Crippen molar-refractivity contribution < 1.29 is 47.5 Å². The number of hydrogen-bond acceptors (Lipinski definition) is 5. The zero-order chi connectivity index (χ0) is 12.3. The van der Waals surface area contributed by atoms with Crippen molar-refractivity contribution in [2.75, 3.05) is 0 Å². The van der Waals surface area contributed by atoms with E-state index in [4.69, 9.17) is 0 Å². The molecule has 17 heavy (non-hydrogen) atoms. The van der Waals surface area contributed by atoms with Crippen molar-refractivity contribution >= 4 is 10.1 Å². The molecule has 0 heterocycles. The molecule has 2 unspecified atom stereocenters. The number of rotatable bonds is 4. The first kappa shape index (κ1) is 16.5. The maximum Gasteiger partial charge on any atom is 1.00 e. The molecule has 0 aliphatic rings. The molecule has 0 saturated heterocycles. The first-order valence-electron chi connectivity index (χ1n) is 4.47. The van der Waals surface area contributed by atoms with E-state index in [0.717, 1.165) is 6.92 Å². The first-order valence-corrected chi connectivity index (χ1v) is 5.94. The summed E-state index contributed by atoms with van der Waals surface area (Å²) in [5.41, 5.74) is 0.140. The van der Waals surface area contributed by atoms with E-state index in [1.807, 2.05) is 0 Å². The molecule has 8 heteroatoms. The van der Waals surface area contributed by atoms with Crippen LogP contribution in [0.4, 0.5) is 0 Å². The second-order valence-corrected chi connectivity index (χ2v) is 4.84. The summed E-state index contributed by atoms with van der Waals surface area (Å²) in [6.45, 7) is 1.10. The molecule has 1 aromatic carbocycles. The molecule has 0 bridgehead atoms. The van der Waals surface area contributed by atoms with Crippen molar-refractivity contribution in [2.24, 2.45) is 0 Å². The molecule has 0 radical (unpaired) electrons. The quantitative estimate of drug-likeness (QED) is 0.270. The maximum absolute atomic E-state index is 11.0. The van der Waals surface area contributed by atoms with Gasteiger partial charge >= 0.3 is 29.6 Å². The number of nitrogens with zero attached hydrogens (tertiary/aromatic N) is 1. The van der Waals surface area contributed by atoms with Crippen LogP contribution in [0.2, 0.25) is 0 Å². The van der Waals surface area contributed by atoms with Gasteiger partial charge in [-0.15, -0.1) is 0 Å². The fraction of sp³-hybridized carbons (Fsp3) is 0.333. The van der Waals surface area contributed by atoms with Crippen molar-refractivity contribution in [1.29, 1.82) is 0 Å². The van der Waals surface area contributed by atoms with E-state index in [9.17, 15) is 23.1 Å². The van der Waals surface area contributed by atoms with Gasteiger partial charge in [0.25, 0.3) is 0 Å². The summed E-state index contributed by atoms with van der Waals surface area (Å²) in [4.78, 5) is 9.79. The second kappa shape index (κ2) is 6.46. The van der Waals surface area contributed by atoms with Gasteiger partial charge in [0.1, 0.15) is 15.4 Å². The monoisotopic (exact) mass is 267 g/mol. The fourth-order valence-corrected chi connectivity index (χ4v) is 2.51. The Morgan fingerprint density at radius 2 is 1.71 bits per heavy atom. The van der Waals surface area contributed by atoms with E-state index in [2.05, 4.69) is 0 Å². The molecule has 2 atom stereocenters. The van der Waals surface area contributed by atoms with Crippen molar-refractivity contribution in [3.8, 4) is 0 Å². The molecule has 1 rings (SSSR count). The Bertz CT molecular complexity index is 475. The summed E-state index contributed by atoms with van der Waals surface area (Å²) in [5.74, 6) is 0. The normalized spacial score (nSPS) is 14.5. The fourth-order valence-electron chi connectivity index (χ4n) is 1.44. The minimum absolute atomic E-state index is 0. The zero-order valence-electron chi connectivity index (χ0n) is 9.44. The summed E-state index contributed by atoms with van der Waals surface area (Å²) < 4.78 is 33.1. The van der Waals surface area contributed by atoms with Gasteiger partial charge in [0.15, 0.2) is 0 Å². The van der Waals surface area contributed by atoms with E-state index in [-0.39, 0.29) is 35.1 Å². The van der Waals surface area contributed by atoms with Gasteiger partial charge in [-0.3, -0.25) is 10.1 Å². The Morgan fingerprint density at radius 1 is 1.24 bits per heavy atom. The van der Waals surface area contributed by atoms with Gasteiger partial charge in [0.05, 0.1) is 0 Å². The van der Waals surface area contributed by atoms with E-state index < -0.39 is 26.3 Å². The topological polar surface area (TPSA) is 100 Å². The predicted molar refractivity (Wildman–Crippen MR) is 55.3 cm³/mol. The largest absolute Gasteiger partial charge is 1.00 e. The third kappa shape index (κ3) is 4.36. The number of hydrogen-bond donors (Lipinski definition) is 0. The zero-order valence-corrected chi connectivity index (χ0v) is 12.3. The van der Waals surface area contributed by atoms with Crippen LogP contribution in [0.1, 0.15) is 17.7 Å². The van der Waals surface area contributed by atoms with E-state index in [0.29, 0.717) is 0 Å². The van der Waals surface area contributed by atoms with Gasteiger partial charge in [-0.1, -0.05) is 30.3 Å². The third-order valence-corrected chi connectivity index (χ3v) is 3.50. The van der Waals surface area contributed by atoms with Crippen LogP contribution >= 0.6 is 0 Å². The molecule has 0 aliphatic carbocycles. The minimum Gasteiger partial charge on any atom is -0.747 e. The SMILES string of the molecule is CC(C(c1ccccc1)S(=O)(=O)[O-])[N+](=O)[O-].[Na+]. The molecule has 0 saturated carbocycles. The van der Waals surface area contributed by atoms with Gasteiger partial charge in [0, 0.05) is 11.8 Å². The molecule has 0 N–H and O–H groups in total. The van der Waals surface area contributed by atoms with Crippen LogP contribution in [-0.4, -0.2) is 23.9 Å². The summed E-state index contributed by atoms with van der Waals surface area (Å²) in [5, 5.41) is 8.91. The average molecular weight is 267 g/mol. The molecule has 0 spiro atoms. The second-order valence-electron chi connectivity index (χ2n) is 3.35. The van der Waals surface area contributed by atoms with Crippen LogP contribution in [-0.2, 0) is 10.1 Å². The van der Waals surface area contributed by atoms with Crippen LogP contribution in [0.25, 0.3) is 0 Å². The third-order valence-electron chi connectivity index (χ3n) is 2.21. The summed E-state index contributed by atoms with van der Waals surface area (Å²) in [6, 6.07) is 6.00. The molecule has 0 amide bonds. The molecule has 0 fully saturated rings. The Labute approximate surface area is 121 Å². The molecule has 88 valence electrons. The van der Waals surface area contributed by atoms with Gasteiger partial charge in [-0.25, -0.2) is 8.42 Å². The standard InChI is InChI=1S/C9H11NO5S.Na/c1-7(10(11)12)9(16(13,14)15)8-5-3-2-4-6-8;/h2-7,9H,1H3,(H,13,14,15);/q;+1/p-1. The minimum atomic E-state index is -4.75. The van der Waals surface area contributed by atoms with Crippen LogP contribution in [0.5, 0.6) is 0 Å². The van der Waals surface area contributed by atoms with E-state index in [1.165, 1.54) is 24.3 Å². The molecule has 0 aliphatic heterocycles. The van der Waals surface area contributed by atoms with Gasteiger partial charge in [-0.2, -0.15) is 0 Å². The Kier molecular flexibility index (Phi) is 6.28. The smallest absolute Gasteiger partial charge is 0.747 e. The maximum atomic E-state index is 11.0. The van der Waals surface area contributed by atoms with Gasteiger partial charge in [0.2, 0.25) is 6.04 Å². The molecule has 0 aromatic heterocycles. The molecule has 6 nitrogen and oxygen atoms in total. The van der Waals surface area contributed by atoms with Crippen LogP contribution in [0, 0.1) is 10.1 Å². The van der Waals surface area contributed by atoms with Gasteiger partial charge in [-0.05, 0) is 5.56 Å². The Balaban J connectivity index is 0.00000256. The first-order chi connectivity index (χ1) is 7.34.